The van der Waals surface area contributed by atoms with Gasteiger partial charge in [0.15, 0.2) is 0 Å². The summed E-state index contributed by atoms with van der Waals surface area (Å²) in [6.45, 7) is 0. The van der Waals surface area contributed by atoms with Crippen LogP contribution in [0, 0.1) is 0 Å². The fourth-order valence-corrected chi connectivity index (χ4v) is 0. The molecule has 0 unspecified atom stereocenters. The normalized spacial score (nSPS) is 0. The third kappa shape index (κ3) is 8.85. The van der Waals surface area contributed by atoms with Gasteiger partial charge in [-0.25, -0.2) is 0 Å². The van der Waals surface area contributed by atoms with Crippen molar-refractivity contribution in [2.24, 2.45) is 0 Å². The molecule has 0 heterocycles. The molecule has 0 aromatic carbocycles. The summed E-state index contributed by atoms with van der Waals surface area (Å²) in [4.78, 5) is 0. The molecule has 0 aliphatic heterocycles. The van der Waals surface area contributed by atoms with Crippen molar-refractivity contribution in [1.82, 2.24) is 0 Å². The summed E-state index contributed by atoms with van der Waals surface area (Å²) in [6.07, 6.45) is 0. The number of hydrogen-bond acceptors (Lipinski definition) is 0. The average molecular weight is 256 g/mol. The van der Waals surface area contributed by atoms with Gasteiger partial charge in [-0.05, 0) is 0 Å². The Balaban J connectivity index is 0. The number of rotatable bonds is 0. The molecular formula is CsO2Zr+. The monoisotopic (exact) mass is 255 g/mol. The zero-order chi connectivity index (χ0) is 0. The Morgan fingerprint density at radius 2 is 0.750 bits per heavy atom. The third-order valence-electron chi connectivity index (χ3n) is 0. The third-order valence-corrected chi connectivity index (χ3v) is 0. The van der Waals surface area contributed by atoms with Crippen molar-refractivity contribution in [1.29, 1.82) is 0 Å². The molecule has 0 amide bonds. The first-order chi connectivity index (χ1) is 0. The SMILES string of the molecule is [Cs+].[O-2].[O-2].[Zr+4]. The van der Waals surface area contributed by atoms with Crippen LogP contribution in [0.15, 0.2) is 0 Å². The Morgan fingerprint density at radius 1 is 0.750 bits per heavy atom. The Bertz CT molecular complexity index is 6.00. The van der Waals surface area contributed by atoms with Crippen LogP contribution in [0.4, 0.5) is 0 Å². The molecule has 0 spiro atoms. The van der Waals surface area contributed by atoms with Gasteiger partial charge in [-0.1, -0.05) is 0 Å². The minimum absolute atomic E-state index is 0. The molecule has 0 aliphatic rings. The zero-order valence-electron chi connectivity index (χ0n) is 2.32. The summed E-state index contributed by atoms with van der Waals surface area (Å²) in [6, 6.07) is 0. The van der Waals surface area contributed by atoms with E-state index in [4.69, 9.17) is 0 Å². The van der Waals surface area contributed by atoms with E-state index in [0.717, 1.165) is 0 Å². The summed E-state index contributed by atoms with van der Waals surface area (Å²) in [5.74, 6) is 0. The summed E-state index contributed by atoms with van der Waals surface area (Å²) in [7, 11) is 0. The Labute approximate surface area is 103 Å². The predicted molar refractivity (Wildman–Crippen MR) is 1.37 cm³/mol. The van der Waals surface area contributed by atoms with Crippen LogP contribution < -0.4 is 68.9 Å². The second-order valence-corrected chi connectivity index (χ2v) is 0. The fraction of sp³-hybridized carbons (Fsp3) is 0. The van der Waals surface area contributed by atoms with E-state index in [1.165, 1.54) is 0 Å². The smallest absolute Gasteiger partial charge is 2.00 e. The van der Waals surface area contributed by atoms with Crippen LogP contribution in [0.3, 0.4) is 0 Å². The van der Waals surface area contributed by atoms with Crippen LogP contribution in [-0.2, 0) is 37.2 Å². The molecule has 0 saturated carbocycles. The van der Waals surface area contributed by atoms with E-state index in [-0.39, 0.29) is 106 Å². The number of hydrogen-bond donors (Lipinski definition) is 0. The standard InChI is InChI=1S/Cs.2O.Zr/q+1;2*-2;+4. The Morgan fingerprint density at radius 3 is 0.750 bits per heavy atom. The molecule has 4 heteroatoms. The van der Waals surface area contributed by atoms with Gasteiger partial charge < -0.3 is 11.0 Å². The maximum absolute atomic E-state index is 0. The molecule has 0 aliphatic carbocycles. The van der Waals surface area contributed by atoms with Crippen molar-refractivity contribution in [2.45, 2.75) is 0 Å². The van der Waals surface area contributed by atoms with E-state index in [1.54, 1.807) is 0 Å². The molecular weight excluding hydrogens is 256 g/mol. The second-order valence-electron chi connectivity index (χ2n) is 0. The van der Waals surface area contributed by atoms with Crippen molar-refractivity contribution in [2.75, 3.05) is 0 Å². The maximum atomic E-state index is 0. The van der Waals surface area contributed by atoms with Crippen LogP contribution in [0.25, 0.3) is 0 Å². The van der Waals surface area contributed by atoms with Gasteiger partial charge in [0, 0.05) is 0 Å². The first kappa shape index (κ1) is 28.8. The molecule has 0 atom stereocenters. The van der Waals surface area contributed by atoms with E-state index in [2.05, 4.69) is 0 Å². The first-order valence-electron chi connectivity index (χ1n) is 0. The molecule has 0 saturated heterocycles. The molecule has 16 valence electrons. The largest absolute Gasteiger partial charge is 4.00 e. The fourth-order valence-electron chi connectivity index (χ4n) is 0. The quantitative estimate of drug-likeness (QED) is 0.437. The van der Waals surface area contributed by atoms with Crippen LogP contribution >= 0.6 is 0 Å². The van der Waals surface area contributed by atoms with E-state index in [0.29, 0.717) is 0 Å². The van der Waals surface area contributed by atoms with Gasteiger partial charge >= 0.3 is 95.1 Å². The van der Waals surface area contributed by atoms with Crippen molar-refractivity contribution >= 4 is 0 Å². The van der Waals surface area contributed by atoms with Crippen molar-refractivity contribution < 1.29 is 106 Å². The van der Waals surface area contributed by atoms with Crippen LogP contribution in [0.5, 0.6) is 0 Å². The van der Waals surface area contributed by atoms with Crippen molar-refractivity contribution in [3.05, 3.63) is 0 Å². The van der Waals surface area contributed by atoms with Gasteiger partial charge in [0.2, 0.25) is 0 Å². The second kappa shape index (κ2) is 16.9. The van der Waals surface area contributed by atoms with Gasteiger partial charge in [0.1, 0.15) is 0 Å². The molecule has 4 heavy (non-hydrogen) atoms. The van der Waals surface area contributed by atoms with E-state index < -0.39 is 0 Å². The van der Waals surface area contributed by atoms with Crippen molar-refractivity contribution in [3.63, 3.8) is 0 Å². The van der Waals surface area contributed by atoms with Crippen LogP contribution in [0.2, 0.25) is 0 Å². The summed E-state index contributed by atoms with van der Waals surface area (Å²) in [5, 5.41) is 0. The summed E-state index contributed by atoms with van der Waals surface area (Å²) < 4.78 is 0. The minimum Gasteiger partial charge on any atom is -2.00 e. The zero-order valence-corrected chi connectivity index (χ0v) is 11.1. The van der Waals surface area contributed by atoms with Gasteiger partial charge in [0.05, 0.1) is 0 Å². The minimum atomic E-state index is 0. The molecule has 2 nitrogen and oxygen atoms in total. The van der Waals surface area contributed by atoms with Gasteiger partial charge in [-0.2, -0.15) is 0 Å². The molecule has 0 bridgehead atoms. The van der Waals surface area contributed by atoms with Crippen molar-refractivity contribution in [3.8, 4) is 0 Å². The van der Waals surface area contributed by atoms with E-state index in [9.17, 15) is 0 Å². The van der Waals surface area contributed by atoms with E-state index in [1.807, 2.05) is 0 Å². The molecule has 0 rings (SSSR count). The van der Waals surface area contributed by atoms with E-state index >= 15 is 0 Å². The molecule has 0 N–H and O–H groups in total. The molecule has 0 aromatic heterocycles. The van der Waals surface area contributed by atoms with Gasteiger partial charge in [-0.15, -0.1) is 0 Å². The topological polar surface area (TPSA) is 57.0 Å². The average Bonchev–Trinajstić information content (AvgIpc) is 0. The van der Waals surface area contributed by atoms with Crippen LogP contribution in [-0.4, -0.2) is 0 Å². The Kier molecular flexibility index (Phi) is 122. The molecule has 0 fully saturated rings. The molecule has 0 aromatic rings. The van der Waals surface area contributed by atoms with Gasteiger partial charge in [0.25, 0.3) is 0 Å². The predicted octanol–water partition coefficient (Wildman–Crippen LogP) is -3.24. The van der Waals surface area contributed by atoms with Gasteiger partial charge in [-0.3, -0.25) is 0 Å². The molecule has 0 radical (unpaired) electrons. The van der Waals surface area contributed by atoms with Crippen LogP contribution in [0.1, 0.15) is 0 Å². The first-order valence-corrected chi connectivity index (χ1v) is 0. The summed E-state index contributed by atoms with van der Waals surface area (Å²) >= 11 is 0. The maximum Gasteiger partial charge on any atom is 4.00 e. The Hall–Kier alpha value is 2.86. The summed E-state index contributed by atoms with van der Waals surface area (Å²) in [5.41, 5.74) is 0.